The molecule has 4 rings (SSSR count). The Bertz CT molecular complexity index is 1150. The van der Waals surface area contributed by atoms with Crippen molar-refractivity contribution in [2.45, 2.75) is 45.5 Å². The van der Waals surface area contributed by atoms with E-state index in [-0.39, 0.29) is 5.91 Å². The number of anilines is 1. The smallest absolute Gasteiger partial charge is 0.247 e. The van der Waals surface area contributed by atoms with Gasteiger partial charge in [-0.05, 0) is 37.3 Å². The number of fused-ring (bicyclic) bond motifs is 3. The van der Waals surface area contributed by atoms with E-state index in [0.717, 1.165) is 38.2 Å². The number of aromatic nitrogens is 3. The first-order valence-corrected chi connectivity index (χ1v) is 11.9. The lowest BCUT2D eigenvalue weighted by atomic mass is 10.00. The van der Waals surface area contributed by atoms with E-state index >= 15 is 0 Å². The number of rotatable bonds is 4. The van der Waals surface area contributed by atoms with E-state index in [2.05, 4.69) is 37.2 Å². The Balaban J connectivity index is 2.04. The molecule has 6 nitrogen and oxygen atoms in total. The molecule has 1 aromatic heterocycles. The van der Waals surface area contributed by atoms with Crippen LogP contribution >= 0.6 is 27.7 Å². The summed E-state index contributed by atoms with van der Waals surface area (Å²) in [5.41, 5.74) is 5.01. The van der Waals surface area contributed by atoms with Crippen LogP contribution in [0.2, 0.25) is 0 Å². The molecule has 0 bridgehead atoms. The first-order valence-electron chi connectivity index (χ1n) is 10.2. The summed E-state index contributed by atoms with van der Waals surface area (Å²) in [7, 11) is 0. The van der Waals surface area contributed by atoms with Gasteiger partial charge in [-0.15, -0.1) is 10.2 Å². The lowest BCUT2D eigenvalue weighted by Gasteiger charge is -2.32. The largest absolute Gasteiger partial charge is 0.447 e. The zero-order chi connectivity index (χ0) is 22.1. The number of amides is 1. The fraction of sp³-hybridized carbons (Fsp3) is 0.304. The first kappa shape index (κ1) is 21.8. The average Bonchev–Trinajstić information content (AvgIpc) is 2.88. The lowest BCUT2D eigenvalue weighted by Crippen LogP contribution is -2.38. The monoisotopic (exact) mass is 498 g/mol. The van der Waals surface area contributed by atoms with Crippen molar-refractivity contribution in [1.29, 1.82) is 0 Å². The maximum atomic E-state index is 13.3. The summed E-state index contributed by atoms with van der Waals surface area (Å²) in [6.45, 7) is 7.92. The van der Waals surface area contributed by atoms with E-state index < -0.39 is 6.23 Å². The Morgan fingerprint density at radius 3 is 2.68 bits per heavy atom. The Morgan fingerprint density at radius 2 is 1.97 bits per heavy atom. The van der Waals surface area contributed by atoms with Gasteiger partial charge in [0.25, 0.3) is 0 Å². The van der Waals surface area contributed by atoms with Crippen molar-refractivity contribution < 1.29 is 9.53 Å². The molecule has 3 aromatic rings. The highest BCUT2D eigenvalue weighted by molar-refractivity contribution is 9.10. The Labute approximate surface area is 194 Å². The van der Waals surface area contributed by atoms with E-state index in [1.807, 2.05) is 58.0 Å². The van der Waals surface area contributed by atoms with Crippen molar-refractivity contribution in [3.63, 3.8) is 0 Å². The van der Waals surface area contributed by atoms with E-state index in [9.17, 15) is 4.79 Å². The van der Waals surface area contributed by atoms with Gasteiger partial charge in [-0.2, -0.15) is 4.98 Å². The van der Waals surface area contributed by atoms with Gasteiger partial charge >= 0.3 is 0 Å². The fourth-order valence-corrected chi connectivity index (χ4v) is 4.76. The van der Waals surface area contributed by atoms with Crippen LogP contribution in [0.4, 0.5) is 5.69 Å². The van der Waals surface area contributed by atoms with E-state index in [1.165, 1.54) is 11.8 Å². The second-order valence-electron chi connectivity index (χ2n) is 7.27. The minimum atomic E-state index is -0.694. The van der Waals surface area contributed by atoms with Crippen LogP contribution in [0.3, 0.4) is 0 Å². The van der Waals surface area contributed by atoms with Gasteiger partial charge in [-0.1, -0.05) is 71.4 Å². The highest BCUT2D eigenvalue weighted by atomic mass is 79.9. The maximum absolute atomic E-state index is 13.3. The minimum Gasteiger partial charge on any atom is -0.447 e. The molecule has 0 saturated carbocycles. The molecule has 0 fully saturated rings. The van der Waals surface area contributed by atoms with Crippen molar-refractivity contribution in [3.05, 3.63) is 57.6 Å². The van der Waals surface area contributed by atoms with Gasteiger partial charge in [-0.25, -0.2) is 0 Å². The summed E-state index contributed by atoms with van der Waals surface area (Å²) in [5, 5.41) is 9.33. The molecule has 2 heterocycles. The van der Waals surface area contributed by atoms with E-state index in [1.54, 1.807) is 4.90 Å². The summed E-state index contributed by atoms with van der Waals surface area (Å²) in [6, 6.07) is 11.9. The van der Waals surface area contributed by atoms with E-state index in [4.69, 9.17) is 4.74 Å². The number of hydrogen-bond donors (Lipinski definition) is 0. The molecule has 0 radical (unpaired) electrons. The average molecular weight is 499 g/mol. The molecular formula is C23H23BrN4O2S. The molecular weight excluding hydrogens is 476 g/mol. The molecule has 31 heavy (non-hydrogen) atoms. The van der Waals surface area contributed by atoms with Gasteiger partial charge < -0.3 is 4.74 Å². The van der Waals surface area contributed by atoms with Gasteiger partial charge in [0, 0.05) is 22.0 Å². The summed E-state index contributed by atoms with van der Waals surface area (Å²) < 4.78 is 7.33. The van der Waals surface area contributed by atoms with Crippen LogP contribution in [0.5, 0.6) is 5.88 Å². The summed E-state index contributed by atoms with van der Waals surface area (Å²) >= 11 is 5.13. The van der Waals surface area contributed by atoms with Crippen molar-refractivity contribution in [2.75, 3.05) is 10.7 Å². The third kappa shape index (κ3) is 4.06. The molecule has 0 saturated heterocycles. The molecule has 0 N–H and O–H groups in total. The molecule has 0 unspecified atom stereocenters. The molecule has 2 aromatic carbocycles. The number of nitrogens with zero attached hydrogens (tertiary/aromatic N) is 4. The number of carbonyl (C=O) groups is 1. The standard InChI is InChI=1S/C23H23BrN4O2S/c1-5-18(29)28-20-14(4)11-13(3)12-16(20)19-21(25-23(27-26-19)31-6-2)30-22(28)15-9-7-8-10-17(15)24/h7-12,22H,5-6H2,1-4H3/t22-/m1/s1. The molecule has 1 aliphatic heterocycles. The van der Waals surface area contributed by atoms with Crippen molar-refractivity contribution in [1.82, 2.24) is 15.2 Å². The number of thioether (sulfide) groups is 1. The molecule has 1 amide bonds. The predicted molar refractivity (Wildman–Crippen MR) is 126 cm³/mol. The minimum absolute atomic E-state index is 0.0436. The van der Waals surface area contributed by atoms with Crippen LogP contribution in [0, 0.1) is 13.8 Å². The number of carbonyl (C=O) groups excluding carboxylic acids is 1. The SMILES string of the molecule is CCSc1nnc2c(n1)O[C@H](c1ccccc1Br)N(C(=O)CC)c1c(C)cc(C)cc1-2. The van der Waals surface area contributed by atoms with Crippen LogP contribution in [0.25, 0.3) is 11.3 Å². The van der Waals surface area contributed by atoms with Crippen LogP contribution in [0.15, 0.2) is 46.0 Å². The van der Waals surface area contributed by atoms with Gasteiger partial charge in [0.1, 0.15) is 0 Å². The second-order valence-corrected chi connectivity index (χ2v) is 9.35. The molecule has 1 atom stereocenters. The van der Waals surface area contributed by atoms with Crippen molar-refractivity contribution >= 4 is 39.3 Å². The zero-order valence-corrected chi connectivity index (χ0v) is 20.2. The van der Waals surface area contributed by atoms with E-state index in [0.29, 0.717) is 23.2 Å². The van der Waals surface area contributed by atoms with Crippen LogP contribution < -0.4 is 9.64 Å². The van der Waals surface area contributed by atoms with Crippen LogP contribution in [-0.4, -0.2) is 26.8 Å². The quantitative estimate of drug-likeness (QED) is 0.419. The van der Waals surface area contributed by atoms with Crippen LogP contribution in [-0.2, 0) is 4.79 Å². The van der Waals surface area contributed by atoms with Gasteiger partial charge in [-0.3, -0.25) is 9.69 Å². The fourth-order valence-electron chi connectivity index (χ4n) is 3.78. The van der Waals surface area contributed by atoms with Gasteiger partial charge in [0.2, 0.25) is 23.2 Å². The molecule has 160 valence electrons. The maximum Gasteiger partial charge on any atom is 0.247 e. The molecule has 1 aliphatic rings. The van der Waals surface area contributed by atoms with Crippen molar-refractivity contribution in [3.8, 4) is 17.1 Å². The highest BCUT2D eigenvalue weighted by Crippen LogP contribution is 2.46. The highest BCUT2D eigenvalue weighted by Gasteiger charge is 2.37. The predicted octanol–water partition coefficient (Wildman–Crippen LogP) is 5.86. The third-order valence-corrected chi connectivity index (χ3v) is 6.49. The summed E-state index contributed by atoms with van der Waals surface area (Å²) in [4.78, 5) is 19.7. The summed E-state index contributed by atoms with van der Waals surface area (Å²) in [6.07, 6.45) is -0.357. The summed E-state index contributed by atoms with van der Waals surface area (Å²) in [5.74, 6) is 1.16. The molecule has 0 spiro atoms. The first-order chi connectivity index (χ1) is 14.9. The lowest BCUT2D eigenvalue weighted by molar-refractivity contribution is -0.120. The molecule has 0 aliphatic carbocycles. The van der Waals surface area contributed by atoms with Gasteiger partial charge in [0.05, 0.1) is 5.69 Å². The number of aryl methyl sites for hydroxylation is 2. The number of ether oxygens (including phenoxy) is 1. The Hall–Kier alpha value is -2.45. The Kier molecular flexibility index (Phi) is 6.29. The Morgan fingerprint density at radius 1 is 1.19 bits per heavy atom. The number of hydrogen-bond acceptors (Lipinski definition) is 6. The second kappa shape index (κ2) is 8.96. The van der Waals surface area contributed by atoms with Crippen molar-refractivity contribution in [2.24, 2.45) is 0 Å². The number of benzene rings is 2. The zero-order valence-electron chi connectivity index (χ0n) is 17.8. The molecule has 8 heteroatoms. The van der Waals surface area contributed by atoms with Gasteiger partial charge in [0.15, 0.2) is 5.69 Å². The number of halogens is 1. The van der Waals surface area contributed by atoms with Crippen LogP contribution in [0.1, 0.15) is 43.2 Å². The topological polar surface area (TPSA) is 68.2 Å². The third-order valence-electron chi connectivity index (χ3n) is 5.05. The normalized spacial score (nSPS) is 15.0.